The Morgan fingerprint density at radius 3 is 2.72 bits per heavy atom. The minimum atomic E-state index is -3.93. The smallest absolute Gasteiger partial charge is 0.244 e. The molecule has 0 bridgehead atoms. The number of sulfonamides is 1. The van der Waals surface area contributed by atoms with E-state index < -0.39 is 27.8 Å². The van der Waals surface area contributed by atoms with Gasteiger partial charge in [-0.15, -0.1) is 0 Å². The van der Waals surface area contributed by atoms with E-state index >= 15 is 0 Å². The lowest BCUT2D eigenvalue weighted by Gasteiger charge is -2.33. The number of rotatable bonds is 4. The van der Waals surface area contributed by atoms with Crippen LogP contribution in [0.25, 0.3) is 11.0 Å². The molecule has 0 radical (unpaired) electrons. The van der Waals surface area contributed by atoms with Crippen molar-refractivity contribution in [2.75, 3.05) is 11.9 Å². The van der Waals surface area contributed by atoms with E-state index in [-0.39, 0.29) is 11.4 Å². The van der Waals surface area contributed by atoms with Gasteiger partial charge in [-0.2, -0.15) is 9.40 Å². The highest BCUT2D eigenvalue weighted by molar-refractivity contribution is 7.89. The third kappa shape index (κ3) is 3.73. The fourth-order valence-corrected chi connectivity index (χ4v) is 5.15. The number of carbonyl (C=O) groups excluding carboxylic acids is 1. The summed E-state index contributed by atoms with van der Waals surface area (Å²) in [5.41, 5.74) is 1.35. The van der Waals surface area contributed by atoms with Gasteiger partial charge in [0.05, 0.1) is 10.3 Å². The molecule has 0 unspecified atom stereocenters. The first-order valence-corrected chi connectivity index (χ1v) is 10.7. The Hall–Kier alpha value is -2.85. The summed E-state index contributed by atoms with van der Waals surface area (Å²) in [6.07, 6.45) is 1.78. The number of halogens is 1. The number of anilines is 1. The molecule has 1 saturated heterocycles. The number of aromatic amines is 1. The molecule has 3 aromatic rings. The summed E-state index contributed by atoms with van der Waals surface area (Å²) in [5.74, 6) is -0.669. The number of fused-ring (bicyclic) bond motifs is 1. The van der Waals surface area contributed by atoms with Gasteiger partial charge in [0.2, 0.25) is 15.9 Å². The van der Waals surface area contributed by atoms with Gasteiger partial charge in [0.1, 0.15) is 11.9 Å². The molecule has 1 fully saturated rings. The summed E-state index contributed by atoms with van der Waals surface area (Å²) < 4.78 is 40.5. The molecule has 1 amide bonds. The lowest BCUT2D eigenvalue weighted by atomic mass is 10.0. The number of piperidine rings is 1. The maximum absolute atomic E-state index is 13.2. The molecule has 0 saturated carbocycles. The molecule has 1 aromatic carbocycles. The predicted molar refractivity (Wildman–Crippen MR) is 105 cm³/mol. The molecule has 1 aliphatic heterocycles. The van der Waals surface area contributed by atoms with Crippen LogP contribution in [0.3, 0.4) is 0 Å². The van der Waals surface area contributed by atoms with Crippen molar-refractivity contribution >= 4 is 32.8 Å². The predicted octanol–water partition coefficient (Wildman–Crippen LogP) is 2.59. The van der Waals surface area contributed by atoms with Crippen molar-refractivity contribution < 1.29 is 17.6 Å². The number of H-pyrrole nitrogens is 1. The van der Waals surface area contributed by atoms with E-state index in [1.165, 1.54) is 16.4 Å². The number of carbonyl (C=O) groups is 1. The Morgan fingerprint density at radius 2 is 1.97 bits per heavy atom. The normalized spacial score (nSPS) is 18.1. The lowest BCUT2D eigenvalue weighted by Crippen LogP contribution is -2.49. The largest absolute Gasteiger partial charge is 0.307 e. The first-order chi connectivity index (χ1) is 13.9. The molecule has 4 rings (SSSR count). The van der Waals surface area contributed by atoms with Crippen LogP contribution in [0.5, 0.6) is 0 Å². The van der Waals surface area contributed by atoms with Crippen molar-refractivity contribution in [1.29, 1.82) is 0 Å². The van der Waals surface area contributed by atoms with Crippen LogP contribution >= 0.6 is 0 Å². The van der Waals surface area contributed by atoms with Crippen LogP contribution in [0, 0.1) is 12.7 Å². The molecule has 1 atom stereocenters. The molecule has 29 heavy (non-hydrogen) atoms. The van der Waals surface area contributed by atoms with E-state index in [4.69, 9.17) is 0 Å². The maximum atomic E-state index is 13.2. The highest BCUT2D eigenvalue weighted by Crippen LogP contribution is 2.27. The summed E-state index contributed by atoms with van der Waals surface area (Å²) in [7, 11) is -3.93. The lowest BCUT2D eigenvalue weighted by molar-refractivity contribution is -0.120. The fraction of sp³-hybridized carbons (Fsp3) is 0.316. The monoisotopic (exact) mass is 417 g/mol. The zero-order chi connectivity index (χ0) is 20.6. The summed E-state index contributed by atoms with van der Waals surface area (Å²) in [4.78, 5) is 17.2. The Balaban J connectivity index is 1.61. The number of hydrogen-bond acceptors (Lipinski definition) is 5. The number of benzene rings is 1. The molecule has 0 spiro atoms. The van der Waals surface area contributed by atoms with Gasteiger partial charge in [-0.1, -0.05) is 6.42 Å². The van der Waals surface area contributed by atoms with Gasteiger partial charge in [0.25, 0.3) is 0 Å². The minimum absolute atomic E-state index is 0.0384. The second-order valence-electron chi connectivity index (χ2n) is 6.99. The third-order valence-electron chi connectivity index (χ3n) is 4.98. The molecule has 0 aliphatic carbocycles. The first-order valence-electron chi connectivity index (χ1n) is 9.26. The fourth-order valence-electron chi connectivity index (χ4n) is 3.49. The number of pyridine rings is 1. The van der Waals surface area contributed by atoms with Crippen molar-refractivity contribution in [3.8, 4) is 0 Å². The Bertz CT molecular complexity index is 1160. The molecule has 2 N–H and O–H groups in total. The molecule has 3 heterocycles. The van der Waals surface area contributed by atoms with Gasteiger partial charge < -0.3 is 5.32 Å². The van der Waals surface area contributed by atoms with Crippen LogP contribution in [0.2, 0.25) is 0 Å². The molecule has 10 heteroatoms. The molecule has 152 valence electrons. The van der Waals surface area contributed by atoms with Gasteiger partial charge in [-0.05, 0) is 56.2 Å². The van der Waals surface area contributed by atoms with E-state index in [1.807, 2.05) is 6.92 Å². The highest BCUT2D eigenvalue weighted by Gasteiger charge is 2.38. The zero-order valence-corrected chi connectivity index (χ0v) is 16.5. The number of aryl methyl sites for hydroxylation is 1. The van der Waals surface area contributed by atoms with E-state index in [2.05, 4.69) is 20.5 Å². The number of nitrogens with one attached hydrogen (secondary N) is 2. The van der Waals surface area contributed by atoms with E-state index in [1.54, 1.807) is 12.1 Å². The van der Waals surface area contributed by atoms with Crippen LogP contribution in [-0.2, 0) is 14.8 Å². The summed E-state index contributed by atoms with van der Waals surface area (Å²) in [5, 5.41) is 10.2. The molecular formula is C19H20FN5O3S. The summed E-state index contributed by atoms with van der Waals surface area (Å²) in [6, 6.07) is 7.34. The first kappa shape index (κ1) is 19.5. The van der Waals surface area contributed by atoms with Crippen LogP contribution < -0.4 is 5.32 Å². The Labute approximate surface area is 167 Å². The highest BCUT2D eigenvalue weighted by atomic mass is 32.2. The number of amides is 1. The van der Waals surface area contributed by atoms with E-state index in [0.29, 0.717) is 29.7 Å². The van der Waals surface area contributed by atoms with Gasteiger partial charge in [-0.3, -0.25) is 9.89 Å². The number of nitrogens with zero attached hydrogens (tertiary/aromatic N) is 3. The van der Waals surface area contributed by atoms with E-state index in [0.717, 1.165) is 24.2 Å². The summed E-state index contributed by atoms with van der Waals surface area (Å²) in [6.45, 7) is 2.07. The van der Waals surface area contributed by atoms with Crippen LogP contribution in [0.4, 0.5) is 10.2 Å². The van der Waals surface area contributed by atoms with Crippen LogP contribution in [0.15, 0.2) is 41.3 Å². The van der Waals surface area contributed by atoms with Crippen molar-refractivity contribution in [3.05, 3.63) is 47.9 Å². The van der Waals surface area contributed by atoms with Gasteiger partial charge in [0, 0.05) is 12.2 Å². The maximum Gasteiger partial charge on any atom is 0.244 e. The van der Waals surface area contributed by atoms with E-state index in [9.17, 15) is 17.6 Å². The average molecular weight is 417 g/mol. The second kappa shape index (κ2) is 7.53. The van der Waals surface area contributed by atoms with Crippen molar-refractivity contribution in [2.24, 2.45) is 0 Å². The Morgan fingerprint density at radius 1 is 1.21 bits per heavy atom. The van der Waals surface area contributed by atoms with Crippen molar-refractivity contribution in [2.45, 2.75) is 37.1 Å². The topological polar surface area (TPSA) is 108 Å². The zero-order valence-electron chi connectivity index (χ0n) is 15.7. The standard InChI is InChI=1S/C19H20FN5O3S/c1-12-5-10-15-17(21-12)23-24-18(15)22-19(26)16-4-2-3-11-25(16)29(27,28)14-8-6-13(20)7-9-14/h5-10,16H,2-4,11H2,1H3,(H2,21,22,23,24,26)/t16-/m1/s1. The van der Waals surface area contributed by atoms with Crippen molar-refractivity contribution in [3.63, 3.8) is 0 Å². The molecular weight excluding hydrogens is 397 g/mol. The molecule has 8 nitrogen and oxygen atoms in total. The number of aromatic nitrogens is 3. The minimum Gasteiger partial charge on any atom is -0.307 e. The van der Waals surface area contributed by atoms with Gasteiger partial charge in [0.15, 0.2) is 11.5 Å². The summed E-state index contributed by atoms with van der Waals surface area (Å²) >= 11 is 0. The van der Waals surface area contributed by atoms with Gasteiger partial charge >= 0.3 is 0 Å². The second-order valence-corrected chi connectivity index (χ2v) is 8.88. The SMILES string of the molecule is Cc1ccc2c(NC(=O)[C@H]3CCCCN3S(=O)(=O)c3ccc(F)cc3)n[nH]c2n1. The average Bonchev–Trinajstić information content (AvgIpc) is 3.10. The molecule has 2 aromatic heterocycles. The Kier molecular flexibility index (Phi) is 5.05. The van der Waals surface area contributed by atoms with Crippen LogP contribution in [0.1, 0.15) is 25.0 Å². The molecule has 1 aliphatic rings. The number of hydrogen-bond donors (Lipinski definition) is 2. The van der Waals surface area contributed by atoms with Gasteiger partial charge in [-0.25, -0.2) is 17.8 Å². The van der Waals surface area contributed by atoms with Crippen molar-refractivity contribution in [1.82, 2.24) is 19.5 Å². The quantitative estimate of drug-likeness (QED) is 0.678. The third-order valence-corrected chi connectivity index (χ3v) is 6.90. The van der Waals surface area contributed by atoms with Crippen LogP contribution in [-0.4, -0.2) is 46.4 Å².